The van der Waals surface area contributed by atoms with Crippen LogP contribution in [0.15, 0.2) is 66.9 Å². The van der Waals surface area contributed by atoms with Crippen LogP contribution < -0.4 is 4.74 Å². The third-order valence-electron chi connectivity index (χ3n) is 7.20. The van der Waals surface area contributed by atoms with Crippen LogP contribution in [0, 0.1) is 5.41 Å². The summed E-state index contributed by atoms with van der Waals surface area (Å²) in [6.07, 6.45) is 5.23. The van der Waals surface area contributed by atoms with Gasteiger partial charge in [-0.3, -0.25) is 4.90 Å². The Labute approximate surface area is 204 Å². The molecule has 5 nitrogen and oxygen atoms in total. The van der Waals surface area contributed by atoms with Gasteiger partial charge in [0.2, 0.25) is 0 Å². The number of carbonyl (C=O) groups excluding carboxylic acids is 1. The molecule has 2 aromatic carbocycles. The van der Waals surface area contributed by atoms with Crippen molar-refractivity contribution in [1.82, 2.24) is 4.90 Å². The van der Waals surface area contributed by atoms with Gasteiger partial charge in [0.05, 0.1) is 19.3 Å². The van der Waals surface area contributed by atoms with Crippen molar-refractivity contribution in [2.45, 2.75) is 70.9 Å². The lowest BCUT2D eigenvalue weighted by atomic mass is 9.70. The lowest BCUT2D eigenvalue weighted by molar-refractivity contribution is 0.0193. The van der Waals surface area contributed by atoms with Crippen LogP contribution >= 0.6 is 0 Å². The fraction of sp³-hybridized carbons (Fsp3) is 0.483. The molecule has 1 aliphatic heterocycles. The lowest BCUT2D eigenvalue weighted by Gasteiger charge is -2.43. The Kier molecular flexibility index (Phi) is 9.17. The van der Waals surface area contributed by atoms with Crippen LogP contribution in [0.5, 0.6) is 5.75 Å². The number of aliphatic hydroxyl groups is 1. The second-order valence-corrected chi connectivity index (χ2v) is 9.23. The van der Waals surface area contributed by atoms with Crippen LogP contribution in [-0.2, 0) is 11.2 Å². The van der Waals surface area contributed by atoms with Crippen LogP contribution in [0.1, 0.15) is 69.6 Å². The van der Waals surface area contributed by atoms with Gasteiger partial charge in [-0.05, 0) is 42.5 Å². The largest absolute Gasteiger partial charge is 0.497 e. The van der Waals surface area contributed by atoms with Crippen molar-refractivity contribution in [3.05, 3.63) is 78.0 Å². The van der Waals surface area contributed by atoms with Crippen LogP contribution in [0.2, 0.25) is 0 Å². The summed E-state index contributed by atoms with van der Waals surface area (Å²) in [6.45, 7) is 9.02. The summed E-state index contributed by atoms with van der Waals surface area (Å²) in [7, 11) is 1.63. The number of ether oxygens (including phenoxy) is 2. The molecular weight excluding hydrogens is 426 g/mol. The van der Waals surface area contributed by atoms with E-state index in [4.69, 9.17) is 9.47 Å². The summed E-state index contributed by atoms with van der Waals surface area (Å²) in [5.74, 6) is 0.742. The second kappa shape index (κ2) is 12.1. The number of methoxy groups -OCH3 is 1. The molecule has 0 saturated carbocycles. The van der Waals surface area contributed by atoms with E-state index >= 15 is 0 Å². The Morgan fingerprint density at radius 3 is 2.47 bits per heavy atom. The molecule has 0 radical (unpaired) electrons. The quantitative estimate of drug-likeness (QED) is 0.336. The highest BCUT2D eigenvalue weighted by atomic mass is 16.6. The smallest absolute Gasteiger partial charge is 0.414 e. The maximum absolute atomic E-state index is 12.9. The Bertz CT molecular complexity index is 927. The zero-order chi connectivity index (χ0) is 24.6. The molecule has 0 aliphatic carbocycles. The first kappa shape index (κ1) is 25.8. The van der Waals surface area contributed by atoms with Crippen molar-refractivity contribution in [2.24, 2.45) is 5.41 Å². The minimum atomic E-state index is -0.802. The maximum atomic E-state index is 12.9. The van der Waals surface area contributed by atoms with Crippen LogP contribution in [0.25, 0.3) is 0 Å². The highest BCUT2D eigenvalue weighted by Crippen LogP contribution is 2.49. The van der Waals surface area contributed by atoms with Gasteiger partial charge < -0.3 is 14.6 Å². The van der Waals surface area contributed by atoms with Gasteiger partial charge in [-0.25, -0.2) is 4.79 Å². The molecule has 1 amide bonds. The predicted octanol–water partition coefficient (Wildman–Crippen LogP) is 6.67. The number of amides is 1. The molecule has 184 valence electrons. The monoisotopic (exact) mass is 465 g/mol. The highest BCUT2D eigenvalue weighted by Gasteiger charge is 2.47. The van der Waals surface area contributed by atoms with Crippen LogP contribution in [0.3, 0.4) is 0 Å². The maximum Gasteiger partial charge on any atom is 0.414 e. The number of unbranched alkanes of at least 4 members (excludes halogenated alkanes) is 3. The van der Waals surface area contributed by atoms with Gasteiger partial charge in [-0.15, -0.1) is 0 Å². The fourth-order valence-corrected chi connectivity index (χ4v) is 5.05. The summed E-state index contributed by atoms with van der Waals surface area (Å²) in [4.78, 5) is 14.7. The van der Waals surface area contributed by atoms with Crippen molar-refractivity contribution < 1.29 is 19.4 Å². The Hall–Kier alpha value is -2.79. The van der Waals surface area contributed by atoms with E-state index in [0.717, 1.165) is 49.0 Å². The van der Waals surface area contributed by atoms with Crippen molar-refractivity contribution in [3.8, 4) is 5.75 Å². The summed E-state index contributed by atoms with van der Waals surface area (Å²) in [5, 5.41) is 11.8. The number of benzene rings is 2. The average molecular weight is 466 g/mol. The normalized spacial score (nSPS) is 18.3. The van der Waals surface area contributed by atoms with E-state index in [1.54, 1.807) is 12.0 Å². The van der Waals surface area contributed by atoms with Crippen LogP contribution in [0.4, 0.5) is 4.79 Å². The molecule has 34 heavy (non-hydrogen) atoms. The van der Waals surface area contributed by atoms with E-state index in [0.29, 0.717) is 25.1 Å². The van der Waals surface area contributed by atoms with Gasteiger partial charge >= 0.3 is 6.09 Å². The number of aliphatic hydroxyl groups excluding tert-OH is 1. The van der Waals surface area contributed by atoms with Crippen molar-refractivity contribution in [2.75, 3.05) is 13.7 Å². The van der Waals surface area contributed by atoms with E-state index in [1.165, 1.54) is 0 Å². The molecule has 3 rings (SSSR count). The molecule has 0 bridgehead atoms. The van der Waals surface area contributed by atoms with Gasteiger partial charge in [0.1, 0.15) is 12.4 Å². The molecule has 3 atom stereocenters. The summed E-state index contributed by atoms with van der Waals surface area (Å²) in [6, 6.07) is 17.5. The predicted molar refractivity (Wildman–Crippen MR) is 136 cm³/mol. The zero-order valence-corrected chi connectivity index (χ0v) is 20.8. The van der Waals surface area contributed by atoms with Gasteiger partial charge in [0.25, 0.3) is 0 Å². The number of hydrogen-bond acceptors (Lipinski definition) is 4. The summed E-state index contributed by atoms with van der Waals surface area (Å²) >= 11 is 0. The summed E-state index contributed by atoms with van der Waals surface area (Å²) < 4.78 is 10.8. The summed E-state index contributed by atoms with van der Waals surface area (Å²) in [5.41, 5.74) is 1.91. The minimum absolute atomic E-state index is 0.146. The first-order valence-electron chi connectivity index (χ1n) is 12.5. The van der Waals surface area contributed by atoms with E-state index in [1.807, 2.05) is 42.5 Å². The lowest BCUT2D eigenvalue weighted by Crippen LogP contribution is -2.43. The van der Waals surface area contributed by atoms with Gasteiger partial charge in [-0.1, -0.05) is 88.6 Å². The molecule has 0 spiro atoms. The SMILES string of the molecule is C=C(N1C(=O)OC[C@@H]1Cc1ccccc1)[C@@](CC)(CCCCCC)[C@@H](O)c1ccc(OC)cc1. The molecule has 1 saturated heterocycles. The first-order valence-corrected chi connectivity index (χ1v) is 12.5. The van der Waals surface area contributed by atoms with Crippen molar-refractivity contribution >= 4 is 6.09 Å². The molecule has 0 unspecified atom stereocenters. The second-order valence-electron chi connectivity index (χ2n) is 9.23. The molecule has 1 heterocycles. The van der Waals surface area contributed by atoms with Gasteiger partial charge in [-0.2, -0.15) is 0 Å². The average Bonchev–Trinajstić information content (AvgIpc) is 3.23. The standard InChI is InChI=1S/C29H39NO4/c1-5-7-8-12-19-29(6-2,27(31)24-15-17-26(33-4)18-16-24)22(3)30-25(21-34-28(30)32)20-23-13-10-9-11-14-23/h9-11,13-18,25,27,31H,3,5-8,12,19-21H2,1-2,4H3/t25-,27-,29+/m0/s1. The fourth-order valence-electron chi connectivity index (χ4n) is 5.05. The molecule has 0 aromatic heterocycles. The first-order chi connectivity index (χ1) is 16.5. The molecule has 5 heteroatoms. The third kappa shape index (κ3) is 5.64. The Morgan fingerprint density at radius 2 is 1.85 bits per heavy atom. The molecular formula is C29H39NO4. The topological polar surface area (TPSA) is 59.0 Å². The van der Waals surface area contributed by atoms with E-state index in [-0.39, 0.29) is 12.1 Å². The van der Waals surface area contributed by atoms with Gasteiger partial charge in [0.15, 0.2) is 0 Å². The number of rotatable bonds is 13. The van der Waals surface area contributed by atoms with E-state index in [2.05, 4.69) is 32.6 Å². The minimum Gasteiger partial charge on any atom is -0.497 e. The van der Waals surface area contributed by atoms with E-state index < -0.39 is 11.5 Å². The van der Waals surface area contributed by atoms with Gasteiger partial charge in [0, 0.05) is 11.1 Å². The Morgan fingerprint density at radius 1 is 1.15 bits per heavy atom. The number of carbonyl (C=O) groups is 1. The van der Waals surface area contributed by atoms with Crippen molar-refractivity contribution in [1.29, 1.82) is 0 Å². The third-order valence-corrected chi connectivity index (χ3v) is 7.20. The molecule has 1 fully saturated rings. The molecule has 1 N–H and O–H groups in total. The van der Waals surface area contributed by atoms with Crippen LogP contribution in [-0.4, -0.2) is 35.9 Å². The zero-order valence-electron chi connectivity index (χ0n) is 20.8. The number of nitrogens with zero attached hydrogens (tertiary/aromatic N) is 1. The number of hydrogen-bond donors (Lipinski definition) is 1. The molecule has 1 aliphatic rings. The number of cyclic esters (lactones) is 1. The molecule has 2 aromatic rings. The van der Waals surface area contributed by atoms with Crippen molar-refractivity contribution in [3.63, 3.8) is 0 Å². The van der Waals surface area contributed by atoms with E-state index in [9.17, 15) is 9.90 Å². The highest BCUT2D eigenvalue weighted by molar-refractivity contribution is 5.73. The Balaban J connectivity index is 1.93.